The molecule has 0 aliphatic carbocycles. The number of nitrogens with zero attached hydrogens (tertiary/aromatic N) is 2. The third kappa shape index (κ3) is 4.59. The topological polar surface area (TPSA) is 32.8 Å². The average molecular weight is 417 g/mol. The summed E-state index contributed by atoms with van der Waals surface area (Å²) in [4.78, 5) is 16.6. The third-order valence-electron chi connectivity index (χ3n) is 6.48. The van der Waals surface area contributed by atoms with Crippen molar-refractivity contribution < 1.29 is 9.53 Å². The lowest BCUT2D eigenvalue weighted by Gasteiger charge is -2.37. The Hall–Kier alpha value is -2.85. The van der Waals surface area contributed by atoms with E-state index in [9.17, 15) is 4.79 Å². The zero-order valence-electron chi connectivity index (χ0n) is 18.4. The zero-order chi connectivity index (χ0) is 21.7. The molecule has 2 aromatic carbocycles. The molecule has 0 N–H and O–H groups in total. The van der Waals surface area contributed by atoms with Crippen LogP contribution in [0.25, 0.3) is 5.57 Å². The molecular formula is C27H32N2O2. The first kappa shape index (κ1) is 21.4. The molecule has 2 saturated heterocycles. The Bertz CT molecular complexity index is 887. The second-order valence-corrected chi connectivity index (χ2v) is 8.46. The maximum absolute atomic E-state index is 12.4. The molecule has 0 atom stereocenters. The largest absolute Gasteiger partial charge is 0.436 e. The van der Waals surface area contributed by atoms with Gasteiger partial charge in [-0.15, -0.1) is 0 Å². The Kier molecular flexibility index (Phi) is 6.57. The summed E-state index contributed by atoms with van der Waals surface area (Å²) in [6.45, 7) is 9.73. The lowest BCUT2D eigenvalue weighted by atomic mass is 9.88. The zero-order valence-corrected chi connectivity index (χ0v) is 18.4. The van der Waals surface area contributed by atoms with Crippen LogP contribution in [0.1, 0.15) is 43.7 Å². The average Bonchev–Trinajstić information content (AvgIpc) is 3.04. The molecule has 0 aromatic heterocycles. The van der Waals surface area contributed by atoms with Crippen LogP contribution >= 0.6 is 0 Å². The van der Waals surface area contributed by atoms with Gasteiger partial charge in [-0.25, -0.2) is 4.79 Å². The van der Waals surface area contributed by atoms with Crippen LogP contribution in [-0.2, 0) is 4.74 Å². The van der Waals surface area contributed by atoms with Crippen LogP contribution < -0.4 is 0 Å². The van der Waals surface area contributed by atoms with Crippen LogP contribution in [0.4, 0.5) is 4.79 Å². The van der Waals surface area contributed by atoms with Crippen LogP contribution in [0.5, 0.6) is 0 Å². The summed E-state index contributed by atoms with van der Waals surface area (Å²) in [5.41, 5.74) is 4.06. The summed E-state index contributed by atoms with van der Waals surface area (Å²) in [6, 6.07) is 21.1. The van der Waals surface area contributed by atoms with Crippen LogP contribution in [-0.4, -0.2) is 47.7 Å². The van der Waals surface area contributed by atoms with Gasteiger partial charge < -0.3 is 4.74 Å². The van der Waals surface area contributed by atoms with Crippen molar-refractivity contribution in [2.24, 2.45) is 0 Å². The molecule has 2 aliphatic heterocycles. The normalized spacial score (nSPS) is 18.3. The minimum Gasteiger partial charge on any atom is -0.436 e. The van der Waals surface area contributed by atoms with Crippen molar-refractivity contribution in [1.29, 1.82) is 0 Å². The van der Waals surface area contributed by atoms with Gasteiger partial charge >= 0.3 is 6.09 Å². The van der Waals surface area contributed by atoms with Crippen LogP contribution in [0.2, 0.25) is 0 Å². The number of piperidine rings is 1. The van der Waals surface area contributed by atoms with Crippen molar-refractivity contribution in [2.75, 3.05) is 26.2 Å². The van der Waals surface area contributed by atoms with Gasteiger partial charge in [0.1, 0.15) is 0 Å². The molecule has 0 unspecified atom stereocenters. The highest BCUT2D eigenvalue weighted by Crippen LogP contribution is 2.40. The molecule has 1 spiro atoms. The van der Waals surface area contributed by atoms with Crippen LogP contribution in [0.3, 0.4) is 0 Å². The first-order valence-electron chi connectivity index (χ1n) is 11.4. The fraction of sp³-hybridized carbons (Fsp3) is 0.370. The predicted molar refractivity (Wildman–Crippen MR) is 126 cm³/mol. The minimum absolute atomic E-state index is 0.220. The number of carbonyl (C=O) groups excluding carboxylic acids is 1. The van der Waals surface area contributed by atoms with E-state index in [4.69, 9.17) is 4.74 Å². The number of amides is 1. The van der Waals surface area contributed by atoms with Gasteiger partial charge in [-0.05, 0) is 23.1 Å². The van der Waals surface area contributed by atoms with Gasteiger partial charge in [-0.2, -0.15) is 0 Å². The summed E-state index contributed by atoms with van der Waals surface area (Å²) in [7, 11) is 0. The molecule has 4 rings (SSSR count). The molecule has 162 valence electrons. The molecule has 1 amide bonds. The molecule has 2 aromatic rings. The molecule has 0 radical (unpaired) electrons. The van der Waals surface area contributed by atoms with E-state index in [1.54, 1.807) is 4.90 Å². The van der Waals surface area contributed by atoms with Crippen molar-refractivity contribution in [1.82, 2.24) is 9.80 Å². The number of benzene rings is 2. The lowest BCUT2D eigenvalue weighted by molar-refractivity contribution is 0.0175. The summed E-state index contributed by atoms with van der Waals surface area (Å²) in [5, 5.41) is 0. The highest BCUT2D eigenvalue weighted by molar-refractivity contribution is 5.79. The summed E-state index contributed by atoms with van der Waals surface area (Å²) < 4.78 is 5.87. The summed E-state index contributed by atoms with van der Waals surface area (Å²) >= 11 is 0. The van der Waals surface area contributed by atoms with Gasteiger partial charge in [0.2, 0.25) is 0 Å². The van der Waals surface area contributed by atoms with Gasteiger partial charge in [0.25, 0.3) is 0 Å². The lowest BCUT2D eigenvalue weighted by Crippen LogP contribution is -2.45. The van der Waals surface area contributed by atoms with Crippen LogP contribution in [0.15, 0.2) is 79.0 Å². The standard InChI is InChI=1S/C27H32N2O2/c1-3-4-18-29-22(2)27(31-26(29)30)16-20-28(21-17-27)19-15-25(23-11-7-5-8-12-23)24-13-9-6-10-14-24/h5-15H,2-4,16-21H2,1H3. The molecule has 31 heavy (non-hydrogen) atoms. The van der Waals surface area contributed by atoms with E-state index in [1.165, 1.54) is 16.7 Å². The SMILES string of the molecule is C=C1N(CCCC)C(=O)OC12CCN(CC=C(c1ccccc1)c1ccccc1)CC2. The number of rotatable bonds is 7. The first-order valence-corrected chi connectivity index (χ1v) is 11.4. The van der Waals surface area contributed by atoms with Crippen molar-refractivity contribution in [3.05, 3.63) is 90.1 Å². The van der Waals surface area contributed by atoms with E-state index in [0.29, 0.717) is 6.54 Å². The second-order valence-electron chi connectivity index (χ2n) is 8.46. The molecule has 2 fully saturated rings. The maximum atomic E-state index is 12.4. The number of hydrogen-bond donors (Lipinski definition) is 0. The van der Waals surface area contributed by atoms with E-state index in [-0.39, 0.29) is 6.09 Å². The molecule has 2 heterocycles. The third-order valence-corrected chi connectivity index (χ3v) is 6.48. The number of hydrogen-bond acceptors (Lipinski definition) is 3. The van der Waals surface area contributed by atoms with E-state index in [1.807, 2.05) is 0 Å². The number of carbonyl (C=O) groups is 1. The Morgan fingerprint density at radius 3 is 2.16 bits per heavy atom. The first-order chi connectivity index (χ1) is 15.1. The van der Waals surface area contributed by atoms with E-state index >= 15 is 0 Å². The quantitative estimate of drug-likeness (QED) is 0.579. The molecule has 2 aliphatic rings. The van der Waals surface area contributed by atoms with Gasteiger partial charge in [0.05, 0.1) is 5.70 Å². The van der Waals surface area contributed by atoms with Gasteiger partial charge in [-0.1, -0.05) is 86.7 Å². The second kappa shape index (κ2) is 9.52. The number of ether oxygens (including phenoxy) is 1. The van der Waals surface area contributed by atoms with Gasteiger partial charge in [0.15, 0.2) is 5.60 Å². The van der Waals surface area contributed by atoms with E-state index in [0.717, 1.165) is 51.0 Å². The predicted octanol–water partition coefficient (Wildman–Crippen LogP) is 5.72. The van der Waals surface area contributed by atoms with Crippen LogP contribution in [0, 0.1) is 0 Å². The van der Waals surface area contributed by atoms with E-state index in [2.05, 4.69) is 85.1 Å². The Balaban J connectivity index is 1.44. The Morgan fingerprint density at radius 1 is 1.03 bits per heavy atom. The fourth-order valence-corrected chi connectivity index (χ4v) is 4.53. The van der Waals surface area contributed by atoms with E-state index < -0.39 is 5.60 Å². The summed E-state index contributed by atoms with van der Waals surface area (Å²) in [6.07, 6.45) is 5.74. The molecular weight excluding hydrogens is 384 g/mol. The van der Waals surface area contributed by atoms with Crippen molar-refractivity contribution in [2.45, 2.75) is 38.2 Å². The summed E-state index contributed by atoms with van der Waals surface area (Å²) in [5.74, 6) is 0. The number of likely N-dealkylation sites (tertiary alicyclic amines) is 1. The fourth-order valence-electron chi connectivity index (χ4n) is 4.53. The maximum Gasteiger partial charge on any atom is 0.415 e. The smallest absolute Gasteiger partial charge is 0.415 e. The minimum atomic E-state index is -0.507. The van der Waals surface area contributed by atoms with Crippen molar-refractivity contribution in [3.8, 4) is 0 Å². The Morgan fingerprint density at radius 2 is 1.61 bits per heavy atom. The molecule has 4 heteroatoms. The monoisotopic (exact) mass is 416 g/mol. The Labute approximate surface area is 185 Å². The van der Waals surface area contributed by atoms with Crippen molar-refractivity contribution in [3.63, 3.8) is 0 Å². The molecule has 0 saturated carbocycles. The van der Waals surface area contributed by atoms with Gasteiger partial charge in [0, 0.05) is 39.0 Å². The van der Waals surface area contributed by atoms with Gasteiger partial charge in [-0.3, -0.25) is 9.80 Å². The number of unbranched alkanes of at least 4 members (excludes halogenated alkanes) is 1. The van der Waals surface area contributed by atoms with Crippen molar-refractivity contribution >= 4 is 11.7 Å². The highest BCUT2D eigenvalue weighted by Gasteiger charge is 2.49. The highest BCUT2D eigenvalue weighted by atomic mass is 16.6. The molecule has 0 bridgehead atoms. The molecule has 4 nitrogen and oxygen atoms in total.